The number of benzene rings is 2. The van der Waals surface area contributed by atoms with Gasteiger partial charge in [0.2, 0.25) is 0 Å². The van der Waals surface area contributed by atoms with Crippen molar-refractivity contribution in [2.24, 2.45) is 5.10 Å². The highest BCUT2D eigenvalue weighted by molar-refractivity contribution is 9.10. The van der Waals surface area contributed by atoms with Crippen molar-refractivity contribution in [3.63, 3.8) is 0 Å². The summed E-state index contributed by atoms with van der Waals surface area (Å²) in [6.07, 6.45) is 1.54. The molecule has 4 nitrogen and oxygen atoms in total. The fourth-order valence-electron chi connectivity index (χ4n) is 1.59. The quantitative estimate of drug-likeness (QED) is 0.627. The molecule has 0 unspecified atom stereocenters. The van der Waals surface area contributed by atoms with E-state index in [9.17, 15) is 4.79 Å². The van der Waals surface area contributed by atoms with Crippen LogP contribution in [0, 0.1) is 0 Å². The maximum atomic E-state index is 11.6. The van der Waals surface area contributed by atoms with Gasteiger partial charge < -0.3 is 5.32 Å². The number of nitrogens with zero attached hydrogens (tertiary/aromatic N) is 1. The van der Waals surface area contributed by atoms with Crippen molar-refractivity contribution < 1.29 is 4.79 Å². The Hall–Kier alpha value is -1.85. The largest absolute Gasteiger partial charge is 0.376 e. The molecule has 0 saturated heterocycles. The van der Waals surface area contributed by atoms with Gasteiger partial charge in [0, 0.05) is 15.2 Å². The average molecular weight is 367 g/mol. The van der Waals surface area contributed by atoms with Gasteiger partial charge in [-0.05, 0) is 35.9 Å². The third-order valence-corrected chi connectivity index (χ3v) is 3.26. The van der Waals surface area contributed by atoms with Crippen LogP contribution in [0.15, 0.2) is 58.1 Å². The lowest BCUT2D eigenvalue weighted by Gasteiger charge is -2.05. The Bertz CT molecular complexity index is 661. The van der Waals surface area contributed by atoms with E-state index in [4.69, 9.17) is 11.6 Å². The summed E-state index contributed by atoms with van der Waals surface area (Å²) in [5.41, 5.74) is 4.13. The zero-order valence-electron chi connectivity index (χ0n) is 11.0. The van der Waals surface area contributed by atoms with Crippen molar-refractivity contribution in [3.8, 4) is 0 Å². The van der Waals surface area contributed by atoms with Gasteiger partial charge in [0.15, 0.2) is 0 Å². The molecule has 0 aliphatic heterocycles. The maximum Gasteiger partial charge on any atom is 0.259 e. The molecule has 21 heavy (non-hydrogen) atoms. The minimum absolute atomic E-state index is 0.142. The fraction of sp³-hybridized carbons (Fsp3) is 0.0667. The topological polar surface area (TPSA) is 53.5 Å². The van der Waals surface area contributed by atoms with Crippen molar-refractivity contribution in [2.75, 3.05) is 11.9 Å². The number of halogens is 2. The summed E-state index contributed by atoms with van der Waals surface area (Å²) in [7, 11) is 0. The van der Waals surface area contributed by atoms with Crippen LogP contribution in [0.2, 0.25) is 5.02 Å². The van der Waals surface area contributed by atoms with Crippen molar-refractivity contribution in [1.82, 2.24) is 5.43 Å². The van der Waals surface area contributed by atoms with E-state index < -0.39 is 0 Å². The highest BCUT2D eigenvalue weighted by Crippen LogP contribution is 2.15. The normalized spacial score (nSPS) is 10.6. The zero-order chi connectivity index (χ0) is 15.1. The Labute approximate surface area is 136 Å². The smallest absolute Gasteiger partial charge is 0.259 e. The Balaban J connectivity index is 1.80. The number of carbonyl (C=O) groups excluding carboxylic acids is 1. The number of carbonyl (C=O) groups is 1. The van der Waals surface area contributed by atoms with Gasteiger partial charge in [-0.2, -0.15) is 5.10 Å². The predicted molar refractivity (Wildman–Crippen MR) is 89.8 cm³/mol. The molecule has 0 fully saturated rings. The third kappa shape index (κ3) is 5.57. The molecule has 2 aromatic carbocycles. The summed E-state index contributed by atoms with van der Waals surface area (Å²) in [5, 5.41) is 7.51. The molecular weight excluding hydrogens is 354 g/mol. The standard InChI is InChI=1S/C15H13BrClN3O/c16-12-4-2-6-14(8-12)18-10-15(21)20-19-9-11-3-1-5-13(17)7-11/h1-9,18H,10H2,(H,20,21)/b19-9+. The van der Waals surface area contributed by atoms with Crippen LogP contribution in [0.1, 0.15) is 5.56 Å². The Morgan fingerprint density at radius 1 is 1.24 bits per heavy atom. The number of rotatable bonds is 5. The van der Waals surface area contributed by atoms with Crippen molar-refractivity contribution in [2.45, 2.75) is 0 Å². The number of nitrogens with one attached hydrogen (secondary N) is 2. The van der Waals surface area contributed by atoms with Crippen LogP contribution < -0.4 is 10.7 Å². The molecule has 0 heterocycles. The minimum Gasteiger partial charge on any atom is -0.376 e. The minimum atomic E-state index is -0.228. The van der Waals surface area contributed by atoms with E-state index in [1.165, 1.54) is 0 Å². The molecule has 0 aliphatic carbocycles. The van der Waals surface area contributed by atoms with Crippen molar-refractivity contribution >= 4 is 45.3 Å². The first kappa shape index (κ1) is 15.5. The maximum absolute atomic E-state index is 11.6. The first-order valence-corrected chi connectivity index (χ1v) is 7.37. The number of hydrogen-bond donors (Lipinski definition) is 2. The van der Waals surface area contributed by atoms with Crippen LogP contribution in [0.5, 0.6) is 0 Å². The molecule has 2 N–H and O–H groups in total. The molecule has 6 heteroatoms. The summed E-state index contributed by atoms with van der Waals surface area (Å²) < 4.78 is 0.951. The van der Waals surface area contributed by atoms with Crippen LogP contribution in [0.4, 0.5) is 5.69 Å². The number of hydrazone groups is 1. The molecule has 0 aliphatic rings. The monoisotopic (exact) mass is 365 g/mol. The first-order valence-electron chi connectivity index (χ1n) is 6.20. The molecule has 0 aromatic heterocycles. The lowest BCUT2D eigenvalue weighted by Crippen LogP contribution is -2.25. The zero-order valence-corrected chi connectivity index (χ0v) is 13.4. The van der Waals surface area contributed by atoms with Crippen LogP contribution in [-0.4, -0.2) is 18.7 Å². The van der Waals surface area contributed by atoms with Crippen LogP contribution >= 0.6 is 27.5 Å². The molecule has 0 atom stereocenters. The summed E-state index contributed by atoms with van der Waals surface area (Å²) in [5.74, 6) is -0.228. The lowest BCUT2D eigenvalue weighted by atomic mass is 10.2. The summed E-state index contributed by atoms with van der Waals surface area (Å²) in [4.78, 5) is 11.6. The highest BCUT2D eigenvalue weighted by atomic mass is 79.9. The van der Waals surface area contributed by atoms with Crippen LogP contribution in [-0.2, 0) is 4.79 Å². The first-order chi connectivity index (χ1) is 10.1. The van der Waals surface area contributed by atoms with Gasteiger partial charge in [-0.1, -0.05) is 45.7 Å². The molecule has 108 valence electrons. The molecule has 0 spiro atoms. The summed E-state index contributed by atoms with van der Waals surface area (Å²) >= 11 is 9.22. The molecule has 2 rings (SSSR count). The molecular formula is C15H13BrClN3O. The second-order valence-electron chi connectivity index (χ2n) is 4.21. The van der Waals surface area contributed by atoms with E-state index >= 15 is 0 Å². The van der Waals surface area contributed by atoms with Gasteiger partial charge >= 0.3 is 0 Å². The second kappa shape index (κ2) is 7.81. The van der Waals surface area contributed by atoms with E-state index in [1.54, 1.807) is 18.3 Å². The molecule has 0 bridgehead atoms. The number of amides is 1. The van der Waals surface area contributed by atoms with E-state index in [0.717, 1.165) is 15.7 Å². The molecule has 0 radical (unpaired) electrons. The van der Waals surface area contributed by atoms with Gasteiger partial charge in [-0.3, -0.25) is 4.79 Å². The van der Waals surface area contributed by atoms with Crippen LogP contribution in [0.25, 0.3) is 0 Å². The molecule has 1 amide bonds. The van der Waals surface area contributed by atoms with Gasteiger partial charge in [0.05, 0.1) is 12.8 Å². The lowest BCUT2D eigenvalue weighted by molar-refractivity contribution is -0.119. The highest BCUT2D eigenvalue weighted by Gasteiger charge is 1.99. The van der Waals surface area contributed by atoms with E-state index in [0.29, 0.717) is 5.02 Å². The predicted octanol–water partition coefficient (Wildman–Crippen LogP) is 3.66. The molecule has 0 saturated carbocycles. The van der Waals surface area contributed by atoms with Gasteiger partial charge in [0.25, 0.3) is 5.91 Å². The van der Waals surface area contributed by atoms with Gasteiger partial charge in [-0.25, -0.2) is 5.43 Å². The van der Waals surface area contributed by atoms with E-state index in [-0.39, 0.29) is 12.5 Å². The van der Waals surface area contributed by atoms with E-state index in [2.05, 4.69) is 31.8 Å². The van der Waals surface area contributed by atoms with Crippen molar-refractivity contribution in [1.29, 1.82) is 0 Å². The Morgan fingerprint density at radius 3 is 2.81 bits per heavy atom. The summed E-state index contributed by atoms with van der Waals surface area (Å²) in [6.45, 7) is 0.142. The SMILES string of the molecule is O=C(CNc1cccc(Br)c1)N/N=C/c1cccc(Cl)c1. The fourth-order valence-corrected chi connectivity index (χ4v) is 2.18. The van der Waals surface area contributed by atoms with Crippen LogP contribution in [0.3, 0.4) is 0 Å². The van der Waals surface area contributed by atoms with E-state index in [1.807, 2.05) is 36.4 Å². The average Bonchev–Trinajstić information content (AvgIpc) is 2.45. The summed E-state index contributed by atoms with van der Waals surface area (Å²) in [6, 6.07) is 14.8. The Morgan fingerprint density at radius 2 is 2.05 bits per heavy atom. The number of anilines is 1. The molecule has 2 aromatic rings. The Kier molecular flexibility index (Phi) is 5.78. The van der Waals surface area contributed by atoms with Crippen molar-refractivity contribution in [3.05, 3.63) is 63.6 Å². The second-order valence-corrected chi connectivity index (χ2v) is 5.56. The van der Waals surface area contributed by atoms with Gasteiger partial charge in [-0.15, -0.1) is 0 Å². The van der Waals surface area contributed by atoms with Gasteiger partial charge in [0.1, 0.15) is 0 Å². The third-order valence-electron chi connectivity index (χ3n) is 2.53. The number of hydrogen-bond acceptors (Lipinski definition) is 3.